The fraction of sp³-hybridized carbons (Fsp3) is 0.600. The van der Waals surface area contributed by atoms with Gasteiger partial charge >= 0.3 is 0 Å². The average molecular weight is 228 g/mol. The lowest BCUT2D eigenvalue weighted by atomic mass is 10.0. The molecule has 2 heterocycles. The summed E-state index contributed by atoms with van der Waals surface area (Å²) in [5.74, 6) is 0.385. The molecule has 0 amide bonds. The third-order valence-electron chi connectivity index (χ3n) is 2.60. The van der Waals surface area contributed by atoms with Crippen molar-refractivity contribution in [3.05, 3.63) is 16.8 Å². The number of rotatable bonds is 2. The minimum Gasteiger partial charge on any atom is -0.479 e. The highest BCUT2D eigenvalue weighted by atomic mass is 35.5. The Hall–Kier alpha value is -0.870. The van der Waals surface area contributed by atoms with E-state index in [-0.39, 0.29) is 6.04 Å². The molecule has 1 aliphatic heterocycles. The largest absolute Gasteiger partial charge is 0.479 e. The number of piperidine rings is 1. The van der Waals surface area contributed by atoms with Crippen molar-refractivity contribution in [2.75, 3.05) is 13.7 Å². The number of nitrogens with zero attached hydrogens (tertiary/aromatic N) is 2. The molecule has 0 saturated carbocycles. The van der Waals surface area contributed by atoms with E-state index in [1.807, 2.05) is 6.07 Å². The summed E-state index contributed by atoms with van der Waals surface area (Å²) < 4.78 is 4.96. The second kappa shape index (κ2) is 4.77. The summed E-state index contributed by atoms with van der Waals surface area (Å²) in [6.45, 7) is 1.04. The number of halogens is 1. The highest BCUT2D eigenvalue weighted by Gasteiger charge is 2.17. The van der Waals surface area contributed by atoms with Crippen molar-refractivity contribution in [3.63, 3.8) is 0 Å². The fourth-order valence-corrected chi connectivity index (χ4v) is 2.01. The molecule has 0 aromatic carbocycles. The van der Waals surface area contributed by atoms with Crippen molar-refractivity contribution < 1.29 is 4.74 Å². The number of hydrogen-bond donors (Lipinski definition) is 1. The Balaban J connectivity index is 2.17. The van der Waals surface area contributed by atoms with Crippen molar-refractivity contribution in [1.29, 1.82) is 0 Å². The lowest BCUT2D eigenvalue weighted by molar-refractivity contribution is 0.380. The van der Waals surface area contributed by atoms with Crippen molar-refractivity contribution in [1.82, 2.24) is 15.5 Å². The highest BCUT2D eigenvalue weighted by Crippen LogP contribution is 2.26. The molecule has 0 radical (unpaired) electrons. The van der Waals surface area contributed by atoms with Crippen molar-refractivity contribution in [2.45, 2.75) is 25.3 Å². The van der Waals surface area contributed by atoms with E-state index in [0.717, 1.165) is 18.7 Å². The molecule has 82 valence electrons. The van der Waals surface area contributed by atoms with Gasteiger partial charge in [0.05, 0.1) is 18.8 Å². The van der Waals surface area contributed by atoms with Crippen LogP contribution in [0.4, 0.5) is 0 Å². The van der Waals surface area contributed by atoms with E-state index in [9.17, 15) is 0 Å². The molecular weight excluding hydrogens is 214 g/mol. The molecule has 2 rings (SSSR count). The van der Waals surface area contributed by atoms with Gasteiger partial charge in [-0.25, -0.2) is 0 Å². The molecule has 5 heteroatoms. The Kier molecular flexibility index (Phi) is 3.38. The first-order chi connectivity index (χ1) is 7.31. The first-order valence-electron chi connectivity index (χ1n) is 5.12. The molecule has 4 nitrogen and oxygen atoms in total. The molecule has 1 unspecified atom stereocenters. The van der Waals surface area contributed by atoms with Gasteiger partial charge < -0.3 is 10.1 Å². The molecule has 0 spiro atoms. The normalized spacial score (nSPS) is 21.3. The van der Waals surface area contributed by atoms with Crippen LogP contribution in [0.5, 0.6) is 5.88 Å². The maximum Gasteiger partial charge on any atom is 0.252 e. The second-order valence-electron chi connectivity index (χ2n) is 3.63. The van der Waals surface area contributed by atoms with Gasteiger partial charge in [-0.05, 0) is 25.5 Å². The van der Waals surface area contributed by atoms with Gasteiger partial charge in [0.25, 0.3) is 5.88 Å². The summed E-state index contributed by atoms with van der Waals surface area (Å²) >= 11 is 5.99. The number of aromatic nitrogens is 2. The molecule has 1 aliphatic rings. The third-order valence-corrected chi connectivity index (χ3v) is 2.87. The summed E-state index contributed by atoms with van der Waals surface area (Å²) in [4.78, 5) is 0. The van der Waals surface area contributed by atoms with Crippen LogP contribution < -0.4 is 10.1 Å². The lowest BCUT2D eigenvalue weighted by Gasteiger charge is -2.22. The Morgan fingerprint density at radius 2 is 2.33 bits per heavy atom. The van der Waals surface area contributed by atoms with Crippen LogP contribution in [0.3, 0.4) is 0 Å². The predicted molar refractivity (Wildman–Crippen MR) is 58.2 cm³/mol. The topological polar surface area (TPSA) is 47.0 Å². The zero-order valence-corrected chi connectivity index (χ0v) is 9.42. The van der Waals surface area contributed by atoms with Crippen LogP contribution in [0, 0.1) is 0 Å². The summed E-state index contributed by atoms with van der Waals surface area (Å²) in [5, 5.41) is 12.0. The maximum absolute atomic E-state index is 5.99. The minimum atomic E-state index is 0.287. The van der Waals surface area contributed by atoms with E-state index >= 15 is 0 Å². The maximum atomic E-state index is 5.99. The van der Waals surface area contributed by atoms with Crippen LogP contribution in [0.25, 0.3) is 0 Å². The van der Waals surface area contributed by atoms with Crippen LogP contribution in [0.1, 0.15) is 31.0 Å². The van der Waals surface area contributed by atoms with Crippen LogP contribution in [-0.4, -0.2) is 23.9 Å². The van der Waals surface area contributed by atoms with Gasteiger partial charge in [-0.1, -0.05) is 18.0 Å². The first-order valence-corrected chi connectivity index (χ1v) is 5.49. The summed E-state index contributed by atoms with van der Waals surface area (Å²) in [6, 6.07) is 2.12. The summed E-state index contributed by atoms with van der Waals surface area (Å²) in [7, 11) is 1.54. The highest BCUT2D eigenvalue weighted by molar-refractivity contribution is 6.31. The van der Waals surface area contributed by atoms with Gasteiger partial charge in [-0.3, -0.25) is 0 Å². The SMILES string of the molecule is COc1nnc(C2CCCCN2)cc1Cl. The van der Waals surface area contributed by atoms with Gasteiger partial charge in [0.15, 0.2) is 0 Å². The molecule has 1 fully saturated rings. The van der Waals surface area contributed by atoms with Crippen molar-refractivity contribution >= 4 is 11.6 Å². The summed E-state index contributed by atoms with van der Waals surface area (Å²) in [6.07, 6.45) is 3.55. The Labute approximate surface area is 94.0 Å². The molecule has 1 saturated heterocycles. The monoisotopic (exact) mass is 227 g/mol. The van der Waals surface area contributed by atoms with Gasteiger partial charge in [-0.15, -0.1) is 5.10 Å². The molecule has 1 aromatic heterocycles. The van der Waals surface area contributed by atoms with E-state index in [1.54, 1.807) is 0 Å². The molecule has 1 aromatic rings. The third kappa shape index (κ3) is 2.38. The molecule has 1 N–H and O–H groups in total. The van der Waals surface area contributed by atoms with Gasteiger partial charge in [-0.2, -0.15) is 5.10 Å². The van der Waals surface area contributed by atoms with E-state index in [4.69, 9.17) is 16.3 Å². The van der Waals surface area contributed by atoms with Crippen molar-refractivity contribution in [2.24, 2.45) is 0 Å². The number of ether oxygens (including phenoxy) is 1. The number of methoxy groups -OCH3 is 1. The average Bonchev–Trinajstić information content (AvgIpc) is 2.30. The number of nitrogens with one attached hydrogen (secondary N) is 1. The zero-order chi connectivity index (χ0) is 10.7. The number of hydrogen-bond acceptors (Lipinski definition) is 4. The molecule has 0 aliphatic carbocycles. The predicted octanol–water partition coefficient (Wildman–Crippen LogP) is 1.95. The van der Waals surface area contributed by atoms with E-state index < -0.39 is 0 Å². The Morgan fingerprint density at radius 1 is 1.47 bits per heavy atom. The van der Waals surface area contributed by atoms with E-state index in [1.165, 1.54) is 20.0 Å². The first kappa shape index (κ1) is 10.6. The van der Waals surface area contributed by atoms with E-state index in [0.29, 0.717) is 10.9 Å². The molecule has 0 bridgehead atoms. The minimum absolute atomic E-state index is 0.287. The van der Waals surface area contributed by atoms with Crippen LogP contribution in [-0.2, 0) is 0 Å². The van der Waals surface area contributed by atoms with E-state index in [2.05, 4.69) is 15.5 Å². The standard InChI is InChI=1S/C10H14ClN3O/c1-15-10-7(11)6-9(13-14-10)8-4-2-3-5-12-8/h6,8,12H,2-5H2,1H3. The summed E-state index contributed by atoms with van der Waals surface area (Å²) in [5.41, 5.74) is 0.903. The fourth-order valence-electron chi connectivity index (χ4n) is 1.78. The zero-order valence-electron chi connectivity index (χ0n) is 8.66. The van der Waals surface area contributed by atoms with Crippen LogP contribution >= 0.6 is 11.6 Å². The second-order valence-corrected chi connectivity index (χ2v) is 4.04. The van der Waals surface area contributed by atoms with Crippen LogP contribution in [0.15, 0.2) is 6.07 Å². The molecule has 1 atom stereocenters. The Bertz CT molecular complexity index is 339. The molecular formula is C10H14ClN3O. The smallest absolute Gasteiger partial charge is 0.252 e. The van der Waals surface area contributed by atoms with Gasteiger partial charge in [0.2, 0.25) is 0 Å². The van der Waals surface area contributed by atoms with Crippen molar-refractivity contribution in [3.8, 4) is 5.88 Å². The lowest BCUT2D eigenvalue weighted by Crippen LogP contribution is -2.27. The molecule has 15 heavy (non-hydrogen) atoms. The van der Waals surface area contributed by atoms with Crippen LogP contribution in [0.2, 0.25) is 5.02 Å². The van der Waals surface area contributed by atoms with Gasteiger partial charge in [0.1, 0.15) is 5.02 Å². The Morgan fingerprint density at radius 3 is 2.93 bits per heavy atom. The van der Waals surface area contributed by atoms with Gasteiger partial charge in [0, 0.05) is 0 Å². The quantitative estimate of drug-likeness (QED) is 0.839.